The molecule has 0 amide bonds. The summed E-state index contributed by atoms with van der Waals surface area (Å²) in [4.78, 5) is 37.2. The van der Waals surface area contributed by atoms with Crippen molar-refractivity contribution < 1.29 is 28.2 Å². The summed E-state index contributed by atoms with van der Waals surface area (Å²) in [5, 5.41) is 0.0996. The molecule has 5 rings (SSSR count). The average molecular weight is 497 g/mol. The Morgan fingerprint density at radius 1 is 0.971 bits per heavy atom. The highest BCUT2D eigenvalue weighted by Crippen LogP contribution is 2.36. The van der Waals surface area contributed by atoms with Crippen molar-refractivity contribution in [3.63, 3.8) is 0 Å². The molecule has 1 saturated heterocycles. The van der Waals surface area contributed by atoms with Crippen LogP contribution in [-0.4, -0.2) is 56.4 Å². The third-order valence-corrected chi connectivity index (χ3v) is 5.77. The molecular weight excluding hydrogens is 479 g/mol. The summed E-state index contributed by atoms with van der Waals surface area (Å²) in [5.74, 6) is -1.35. The summed E-state index contributed by atoms with van der Waals surface area (Å²) in [5.41, 5.74) is 1.08. The second-order valence-electron chi connectivity index (χ2n) is 7.70. The van der Waals surface area contributed by atoms with Crippen molar-refractivity contribution >= 4 is 34.7 Å². The highest BCUT2D eigenvalue weighted by atomic mass is 35.5. The van der Waals surface area contributed by atoms with Gasteiger partial charge in [0, 0.05) is 0 Å². The van der Waals surface area contributed by atoms with E-state index in [9.17, 15) is 9.59 Å². The van der Waals surface area contributed by atoms with E-state index >= 15 is 4.39 Å². The fourth-order valence-electron chi connectivity index (χ4n) is 3.78. The lowest BCUT2D eigenvalue weighted by Crippen LogP contribution is -2.37. The van der Waals surface area contributed by atoms with Crippen LogP contribution in [0.25, 0.3) is 11.2 Å². The molecule has 35 heavy (non-hydrogen) atoms. The molecule has 0 unspecified atom stereocenters. The SMILES string of the molecule is O=C(OC[C@H]1O[C@@H](n2cnc3c(Cl)ncnc32)[C@@H](F)[C@@H]1OC(=O)c1ccccc1)c1ccccc1. The first kappa shape index (κ1) is 22.9. The van der Waals surface area contributed by atoms with Gasteiger partial charge in [-0.1, -0.05) is 48.0 Å². The zero-order chi connectivity index (χ0) is 24.4. The number of hydrogen-bond donors (Lipinski definition) is 0. The highest BCUT2D eigenvalue weighted by Gasteiger charge is 2.49. The summed E-state index contributed by atoms with van der Waals surface area (Å²) < 4.78 is 33.8. The van der Waals surface area contributed by atoms with Crippen molar-refractivity contribution in [1.82, 2.24) is 19.5 Å². The Kier molecular flexibility index (Phi) is 6.39. The summed E-state index contributed by atoms with van der Waals surface area (Å²) in [6.45, 7) is -0.347. The molecule has 1 aliphatic heterocycles. The lowest BCUT2D eigenvalue weighted by molar-refractivity contribution is -0.0570. The van der Waals surface area contributed by atoms with Gasteiger partial charge in [0.05, 0.1) is 17.5 Å². The van der Waals surface area contributed by atoms with Crippen molar-refractivity contribution in [1.29, 1.82) is 0 Å². The van der Waals surface area contributed by atoms with Gasteiger partial charge >= 0.3 is 11.9 Å². The molecule has 0 saturated carbocycles. The van der Waals surface area contributed by atoms with E-state index in [1.54, 1.807) is 60.7 Å². The first-order chi connectivity index (χ1) is 17.0. The van der Waals surface area contributed by atoms with Crippen LogP contribution in [0.2, 0.25) is 5.15 Å². The number of benzene rings is 2. The minimum Gasteiger partial charge on any atom is -0.459 e. The van der Waals surface area contributed by atoms with E-state index < -0.39 is 36.5 Å². The zero-order valence-corrected chi connectivity index (χ0v) is 18.8. The fraction of sp³-hybridized carbons (Fsp3) is 0.208. The molecule has 9 nitrogen and oxygen atoms in total. The molecule has 0 radical (unpaired) electrons. The van der Waals surface area contributed by atoms with E-state index in [0.717, 1.165) is 0 Å². The summed E-state index contributed by atoms with van der Waals surface area (Å²) in [6, 6.07) is 16.5. The molecule has 0 N–H and O–H groups in total. The first-order valence-electron chi connectivity index (χ1n) is 10.6. The summed E-state index contributed by atoms with van der Waals surface area (Å²) in [7, 11) is 0. The van der Waals surface area contributed by atoms with Gasteiger partial charge in [-0.25, -0.2) is 28.9 Å². The average Bonchev–Trinajstić information content (AvgIpc) is 3.45. The van der Waals surface area contributed by atoms with Crippen LogP contribution in [0.1, 0.15) is 26.9 Å². The van der Waals surface area contributed by atoms with E-state index in [1.165, 1.54) is 17.2 Å². The smallest absolute Gasteiger partial charge is 0.338 e. The Morgan fingerprint density at radius 2 is 1.63 bits per heavy atom. The van der Waals surface area contributed by atoms with Crippen LogP contribution < -0.4 is 0 Å². The van der Waals surface area contributed by atoms with Gasteiger partial charge in [-0.3, -0.25) is 4.57 Å². The molecule has 1 fully saturated rings. The van der Waals surface area contributed by atoms with Crippen molar-refractivity contribution in [3.05, 3.63) is 89.6 Å². The number of carbonyl (C=O) groups is 2. The van der Waals surface area contributed by atoms with Crippen LogP contribution in [0.5, 0.6) is 0 Å². The lowest BCUT2D eigenvalue weighted by atomic mass is 10.1. The Labute approximate surface area is 203 Å². The maximum Gasteiger partial charge on any atom is 0.338 e. The maximum absolute atomic E-state index is 15.8. The zero-order valence-electron chi connectivity index (χ0n) is 18.0. The number of esters is 2. The van der Waals surface area contributed by atoms with Gasteiger partial charge in [0.15, 0.2) is 29.3 Å². The minimum atomic E-state index is -1.82. The number of carbonyl (C=O) groups excluding carboxylic acids is 2. The number of imidazole rings is 1. The Balaban J connectivity index is 1.40. The van der Waals surface area contributed by atoms with Gasteiger partial charge in [-0.2, -0.15) is 0 Å². The number of halogens is 2. The van der Waals surface area contributed by atoms with Crippen LogP contribution >= 0.6 is 11.6 Å². The summed E-state index contributed by atoms with van der Waals surface area (Å²) >= 11 is 6.06. The van der Waals surface area contributed by atoms with Crippen LogP contribution in [0.3, 0.4) is 0 Å². The van der Waals surface area contributed by atoms with Gasteiger partial charge in [-0.15, -0.1) is 0 Å². The molecule has 4 aromatic rings. The van der Waals surface area contributed by atoms with Crippen molar-refractivity contribution in [2.24, 2.45) is 0 Å². The molecule has 2 aromatic heterocycles. The molecule has 1 aliphatic rings. The van der Waals surface area contributed by atoms with E-state index in [0.29, 0.717) is 5.56 Å². The molecule has 0 spiro atoms. The molecular formula is C24H18ClFN4O5. The van der Waals surface area contributed by atoms with Crippen LogP contribution in [0, 0.1) is 0 Å². The molecule has 178 valence electrons. The fourth-order valence-corrected chi connectivity index (χ4v) is 3.96. The molecule has 2 aromatic carbocycles. The quantitative estimate of drug-likeness (QED) is 0.293. The monoisotopic (exact) mass is 496 g/mol. The van der Waals surface area contributed by atoms with E-state index in [2.05, 4.69) is 15.0 Å². The highest BCUT2D eigenvalue weighted by molar-refractivity contribution is 6.33. The van der Waals surface area contributed by atoms with E-state index in [4.69, 9.17) is 25.8 Å². The van der Waals surface area contributed by atoms with Crippen molar-refractivity contribution in [3.8, 4) is 0 Å². The lowest BCUT2D eigenvalue weighted by Gasteiger charge is -2.19. The van der Waals surface area contributed by atoms with Gasteiger partial charge in [0.1, 0.15) is 24.6 Å². The van der Waals surface area contributed by atoms with Crippen LogP contribution in [-0.2, 0) is 14.2 Å². The molecule has 0 bridgehead atoms. The van der Waals surface area contributed by atoms with Crippen LogP contribution in [0.4, 0.5) is 4.39 Å². The molecule has 3 heterocycles. The first-order valence-corrected chi connectivity index (χ1v) is 11.0. The third-order valence-electron chi connectivity index (χ3n) is 5.50. The van der Waals surface area contributed by atoms with Crippen molar-refractivity contribution in [2.75, 3.05) is 6.61 Å². The second kappa shape index (κ2) is 9.77. The predicted octanol–water partition coefficient (Wildman–Crippen LogP) is 3.80. The van der Waals surface area contributed by atoms with Gasteiger partial charge in [0.25, 0.3) is 0 Å². The van der Waals surface area contributed by atoms with Crippen LogP contribution in [0.15, 0.2) is 73.3 Å². The predicted molar refractivity (Wildman–Crippen MR) is 122 cm³/mol. The molecule has 0 aliphatic carbocycles. The molecule has 4 atom stereocenters. The van der Waals surface area contributed by atoms with Gasteiger partial charge < -0.3 is 14.2 Å². The summed E-state index contributed by atoms with van der Waals surface area (Å²) in [6.07, 6.45) is -3.01. The van der Waals surface area contributed by atoms with E-state index in [1.807, 2.05) is 0 Å². The minimum absolute atomic E-state index is 0.0996. The Morgan fingerprint density at radius 3 is 2.31 bits per heavy atom. The maximum atomic E-state index is 15.8. The largest absolute Gasteiger partial charge is 0.459 e. The topological polar surface area (TPSA) is 105 Å². The normalized spacial score (nSPS) is 21.7. The number of ether oxygens (including phenoxy) is 3. The number of fused-ring (bicyclic) bond motifs is 1. The Bertz CT molecular complexity index is 1350. The third kappa shape index (κ3) is 4.58. The molecule has 11 heteroatoms. The van der Waals surface area contributed by atoms with Crippen molar-refractivity contribution in [2.45, 2.75) is 24.6 Å². The Hall–Kier alpha value is -3.89. The second-order valence-corrected chi connectivity index (χ2v) is 8.06. The number of nitrogens with zero attached hydrogens (tertiary/aromatic N) is 4. The van der Waals surface area contributed by atoms with Gasteiger partial charge in [-0.05, 0) is 24.3 Å². The van der Waals surface area contributed by atoms with E-state index in [-0.39, 0.29) is 28.5 Å². The number of alkyl halides is 1. The number of hydrogen-bond acceptors (Lipinski definition) is 8. The van der Waals surface area contributed by atoms with Gasteiger partial charge in [0.2, 0.25) is 0 Å². The standard InChI is InChI=1S/C24H18ClFN4O5/c25-20-18-21(28-12-27-20)30(13-29-18)22-17(26)19(35-24(32)15-9-5-2-6-10-15)16(34-22)11-33-23(31)14-7-3-1-4-8-14/h1-10,12-13,16-17,19,22H,11H2/t16-,17+,19-,22-/m1/s1. The number of rotatable bonds is 6. The number of aromatic nitrogens is 4.